The molecule has 0 saturated carbocycles. The maximum absolute atomic E-state index is 12.0. The molecule has 20 heavy (non-hydrogen) atoms. The molecular formula is C11H18N4O4S. The molecule has 1 aliphatic rings. The normalized spacial score (nSPS) is 20.3. The highest BCUT2D eigenvalue weighted by Gasteiger charge is 2.34. The first kappa shape index (κ1) is 14.9. The van der Waals surface area contributed by atoms with Crippen molar-refractivity contribution in [3.05, 3.63) is 12.4 Å². The Morgan fingerprint density at radius 2 is 1.95 bits per heavy atom. The van der Waals surface area contributed by atoms with Crippen LogP contribution in [0.1, 0.15) is 6.42 Å². The van der Waals surface area contributed by atoms with Gasteiger partial charge < -0.3 is 9.47 Å². The minimum absolute atomic E-state index is 0.254. The first-order chi connectivity index (χ1) is 9.45. The number of hydrogen-bond donors (Lipinski definition) is 0. The molecule has 0 spiro atoms. The highest BCUT2D eigenvalue weighted by molar-refractivity contribution is 7.86. The zero-order valence-electron chi connectivity index (χ0n) is 11.7. The highest BCUT2D eigenvalue weighted by Crippen LogP contribution is 2.25. The number of rotatable bonds is 5. The molecule has 0 amide bonds. The maximum atomic E-state index is 12.0. The molecule has 112 valence electrons. The lowest BCUT2D eigenvalue weighted by Crippen LogP contribution is -2.39. The summed E-state index contributed by atoms with van der Waals surface area (Å²) in [6, 6.07) is 0. The van der Waals surface area contributed by atoms with Crippen LogP contribution >= 0.6 is 0 Å². The average Bonchev–Trinajstić information content (AvgIpc) is 2.88. The van der Waals surface area contributed by atoms with Crippen LogP contribution in [0.15, 0.2) is 12.4 Å². The molecule has 0 N–H and O–H groups in total. The maximum Gasteiger partial charge on any atom is 0.281 e. The first-order valence-corrected chi connectivity index (χ1v) is 7.54. The topological polar surface area (TPSA) is 84.9 Å². The Hall–Kier alpha value is -1.45. The lowest BCUT2D eigenvalue weighted by Gasteiger charge is -2.20. The van der Waals surface area contributed by atoms with Gasteiger partial charge in [-0.1, -0.05) is 0 Å². The van der Waals surface area contributed by atoms with Crippen molar-refractivity contribution < 1.29 is 17.9 Å². The zero-order chi connectivity index (χ0) is 14.8. The highest BCUT2D eigenvalue weighted by atomic mass is 32.2. The SMILES string of the molecule is COc1nccnc1OC1CCN(S(=O)(=O)N(C)C)C1. The van der Waals surface area contributed by atoms with E-state index in [1.807, 2.05) is 0 Å². The fourth-order valence-corrected chi connectivity index (χ4v) is 3.08. The van der Waals surface area contributed by atoms with E-state index in [9.17, 15) is 8.42 Å². The van der Waals surface area contributed by atoms with E-state index in [1.165, 1.54) is 42.2 Å². The third kappa shape index (κ3) is 3.00. The summed E-state index contributed by atoms with van der Waals surface area (Å²) in [6.07, 6.45) is 3.35. The summed E-state index contributed by atoms with van der Waals surface area (Å²) in [5.74, 6) is 0.575. The Labute approximate surface area is 118 Å². The third-order valence-electron chi connectivity index (χ3n) is 3.00. The van der Waals surface area contributed by atoms with Gasteiger partial charge in [0.15, 0.2) is 0 Å². The molecular weight excluding hydrogens is 284 g/mol. The molecule has 1 saturated heterocycles. The van der Waals surface area contributed by atoms with Crippen LogP contribution in [0.25, 0.3) is 0 Å². The zero-order valence-corrected chi connectivity index (χ0v) is 12.5. The van der Waals surface area contributed by atoms with Gasteiger partial charge in [0.25, 0.3) is 22.0 Å². The van der Waals surface area contributed by atoms with Crippen LogP contribution in [0, 0.1) is 0 Å². The molecule has 0 aliphatic carbocycles. The fraction of sp³-hybridized carbons (Fsp3) is 0.636. The summed E-state index contributed by atoms with van der Waals surface area (Å²) in [4.78, 5) is 8.03. The van der Waals surface area contributed by atoms with E-state index in [1.54, 1.807) is 0 Å². The van der Waals surface area contributed by atoms with Gasteiger partial charge >= 0.3 is 0 Å². The minimum atomic E-state index is -3.40. The van der Waals surface area contributed by atoms with Crippen molar-refractivity contribution in [2.75, 3.05) is 34.3 Å². The molecule has 1 unspecified atom stereocenters. The molecule has 1 aromatic heterocycles. The van der Waals surface area contributed by atoms with Crippen molar-refractivity contribution in [1.82, 2.24) is 18.6 Å². The van der Waals surface area contributed by atoms with Crippen LogP contribution in [0.2, 0.25) is 0 Å². The van der Waals surface area contributed by atoms with Crippen LogP contribution < -0.4 is 9.47 Å². The van der Waals surface area contributed by atoms with E-state index in [0.29, 0.717) is 25.4 Å². The second-order valence-electron chi connectivity index (χ2n) is 4.55. The number of methoxy groups -OCH3 is 1. The van der Waals surface area contributed by atoms with E-state index in [-0.39, 0.29) is 12.0 Å². The molecule has 1 fully saturated rings. The van der Waals surface area contributed by atoms with Gasteiger partial charge in [-0.15, -0.1) is 0 Å². The molecule has 1 atom stereocenters. The fourth-order valence-electron chi connectivity index (χ4n) is 1.93. The molecule has 0 bridgehead atoms. The van der Waals surface area contributed by atoms with Gasteiger partial charge in [0, 0.05) is 33.0 Å². The van der Waals surface area contributed by atoms with Crippen molar-refractivity contribution >= 4 is 10.2 Å². The van der Waals surface area contributed by atoms with Gasteiger partial charge in [-0.2, -0.15) is 17.0 Å². The molecule has 0 radical (unpaired) electrons. The summed E-state index contributed by atoms with van der Waals surface area (Å²) in [6.45, 7) is 0.716. The second kappa shape index (κ2) is 5.90. The van der Waals surface area contributed by atoms with Crippen molar-refractivity contribution in [3.63, 3.8) is 0 Å². The Kier molecular flexibility index (Phi) is 4.41. The first-order valence-electron chi connectivity index (χ1n) is 6.14. The van der Waals surface area contributed by atoms with E-state index in [0.717, 1.165) is 0 Å². The van der Waals surface area contributed by atoms with Crippen molar-refractivity contribution in [3.8, 4) is 11.8 Å². The van der Waals surface area contributed by atoms with Gasteiger partial charge in [-0.3, -0.25) is 0 Å². The largest absolute Gasteiger partial charge is 0.477 e. The van der Waals surface area contributed by atoms with Gasteiger partial charge in [0.2, 0.25) is 0 Å². The quantitative estimate of drug-likeness (QED) is 0.745. The lowest BCUT2D eigenvalue weighted by molar-refractivity contribution is 0.194. The molecule has 2 heterocycles. The molecule has 8 nitrogen and oxygen atoms in total. The van der Waals surface area contributed by atoms with Crippen LogP contribution in [0.3, 0.4) is 0 Å². The van der Waals surface area contributed by atoms with Crippen molar-refractivity contribution in [2.24, 2.45) is 0 Å². The van der Waals surface area contributed by atoms with Gasteiger partial charge in [0.1, 0.15) is 6.10 Å². The smallest absolute Gasteiger partial charge is 0.281 e. The Bertz CT molecular complexity index is 563. The molecule has 9 heteroatoms. The van der Waals surface area contributed by atoms with Crippen LogP contribution in [-0.2, 0) is 10.2 Å². The summed E-state index contributed by atoms with van der Waals surface area (Å²) in [5.41, 5.74) is 0. The molecule has 1 aliphatic heterocycles. The Balaban J connectivity index is 2.04. The van der Waals surface area contributed by atoms with E-state index < -0.39 is 10.2 Å². The van der Waals surface area contributed by atoms with Crippen molar-refractivity contribution in [2.45, 2.75) is 12.5 Å². The average molecular weight is 302 g/mol. The van der Waals surface area contributed by atoms with Crippen LogP contribution in [0.5, 0.6) is 11.8 Å². The number of aromatic nitrogens is 2. The second-order valence-corrected chi connectivity index (χ2v) is 6.69. The number of ether oxygens (including phenoxy) is 2. The lowest BCUT2D eigenvalue weighted by atomic mass is 10.3. The summed E-state index contributed by atoms with van der Waals surface area (Å²) in [7, 11) is 1.10. The van der Waals surface area contributed by atoms with E-state index >= 15 is 0 Å². The van der Waals surface area contributed by atoms with Gasteiger partial charge in [-0.05, 0) is 6.42 Å². The third-order valence-corrected chi connectivity index (χ3v) is 4.91. The van der Waals surface area contributed by atoms with Crippen LogP contribution in [-0.4, -0.2) is 67.4 Å². The van der Waals surface area contributed by atoms with Crippen molar-refractivity contribution in [1.29, 1.82) is 0 Å². The molecule has 1 aromatic rings. The summed E-state index contributed by atoms with van der Waals surface area (Å²) in [5, 5.41) is 0. The predicted octanol–water partition coefficient (Wildman–Crippen LogP) is -0.255. The number of hydrogen-bond acceptors (Lipinski definition) is 6. The van der Waals surface area contributed by atoms with Crippen LogP contribution in [0.4, 0.5) is 0 Å². The standard InChI is InChI=1S/C11H18N4O4S/c1-14(2)20(16,17)15-7-4-9(8-15)19-11-10(18-3)12-5-6-13-11/h5-6,9H,4,7-8H2,1-3H3. The number of nitrogens with zero attached hydrogens (tertiary/aromatic N) is 4. The monoisotopic (exact) mass is 302 g/mol. The Morgan fingerprint density at radius 3 is 2.55 bits per heavy atom. The van der Waals surface area contributed by atoms with E-state index in [4.69, 9.17) is 9.47 Å². The van der Waals surface area contributed by atoms with E-state index in [2.05, 4.69) is 9.97 Å². The molecule has 0 aromatic carbocycles. The summed E-state index contributed by atoms with van der Waals surface area (Å²) < 4.78 is 37.3. The Morgan fingerprint density at radius 1 is 1.30 bits per heavy atom. The summed E-state index contributed by atoms with van der Waals surface area (Å²) >= 11 is 0. The predicted molar refractivity (Wildman–Crippen MR) is 71.8 cm³/mol. The molecule has 2 rings (SSSR count). The van der Waals surface area contributed by atoms with Gasteiger partial charge in [-0.25, -0.2) is 9.97 Å². The van der Waals surface area contributed by atoms with Gasteiger partial charge in [0.05, 0.1) is 13.7 Å². The minimum Gasteiger partial charge on any atom is -0.477 e.